The largest absolute Gasteiger partial charge is 0.346 e. The van der Waals surface area contributed by atoms with Crippen LogP contribution in [0.3, 0.4) is 0 Å². The number of hydrogen-bond acceptors (Lipinski definition) is 4. The Balaban J connectivity index is 0.00000338. The van der Waals surface area contributed by atoms with Gasteiger partial charge in [-0.2, -0.15) is 0 Å². The van der Waals surface area contributed by atoms with Crippen molar-refractivity contribution in [2.45, 2.75) is 32.7 Å². The summed E-state index contributed by atoms with van der Waals surface area (Å²) in [5.41, 5.74) is 6.48. The van der Waals surface area contributed by atoms with Crippen molar-refractivity contribution >= 4 is 30.0 Å². The summed E-state index contributed by atoms with van der Waals surface area (Å²) in [6.45, 7) is 4.75. The van der Waals surface area contributed by atoms with Gasteiger partial charge in [0.15, 0.2) is 5.78 Å². The van der Waals surface area contributed by atoms with Gasteiger partial charge in [0.2, 0.25) is 11.8 Å². The molecule has 3 N–H and O–H groups in total. The van der Waals surface area contributed by atoms with E-state index in [0.29, 0.717) is 25.9 Å². The maximum Gasteiger partial charge on any atom is 0.241 e. The molecule has 1 fully saturated rings. The van der Waals surface area contributed by atoms with Crippen LogP contribution in [0.1, 0.15) is 37.0 Å². The lowest BCUT2D eigenvalue weighted by Gasteiger charge is -2.31. The van der Waals surface area contributed by atoms with Crippen LogP contribution in [0.15, 0.2) is 30.3 Å². The number of nitrogens with two attached hydrogens (primary N) is 1. The van der Waals surface area contributed by atoms with Gasteiger partial charge in [0.05, 0.1) is 12.6 Å². The molecule has 1 aromatic rings. The molecular formula is C19H28ClN3O3. The number of hydrogen-bond donors (Lipinski definition) is 2. The zero-order valence-corrected chi connectivity index (χ0v) is 16.1. The molecule has 0 spiro atoms. The highest BCUT2D eigenvalue weighted by Gasteiger charge is 2.28. The fourth-order valence-corrected chi connectivity index (χ4v) is 2.92. The van der Waals surface area contributed by atoms with Crippen LogP contribution >= 0.6 is 12.4 Å². The molecule has 2 rings (SSSR count). The van der Waals surface area contributed by atoms with Gasteiger partial charge in [0.25, 0.3) is 0 Å². The SMILES string of the molecule is CC(C)[C@H](N)C(=O)NCC(=O)N1CCC(C(=O)c2ccccc2)CC1.Cl. The third kappa shape index (κ3) is 5.81. The number of amides is 2. The molecule has 2 amide bonds. The predicted octanol–water partition coefficient (Wildman–Crippen LogP) is 1.63. The van der Waals surface area contributed by atoms with E-state index in [4.69, 9.17) is 5.73 Å². The molecule has 0 unspecified atom stereocenters. The molecule has 7 heteroatoms. The van der Waals surface area contributed by atoms with Gasteiger partial charge >= 0.3 is 0 Å². The lowest BCUT2D eigenvalue weighted by molar-refractivity contribution is -0.134. The predicted molar refractivity (Wildman–Crippen MR) is 103 cm³/mol. The monoisotopic (exact) mass is 381 g/mol. The van der Waals surface area contributed by atoms with Crippen LogP contribution in [-0.2, 0) is 9.59 Å². The van der Waals surface area contributed by atoms with E-state index in [-0.39, 0.29) is 48.4 Å². The number of likely N-dealkylation sites (tertiary alicyclic amines) is 1. The first-order valence-corrected chi connectivity index (χ1v) is 8.80. The van der Waals surface area contributed by atoms with Crippen molar-refractivity contribution in [3.63, 3.8) is 0 Å². The summed E-state index contributed by atoms with van der Waals surface area (Å²) >= 11 is 0. The van der Waals surface area contributed by atoms with Crippen molar-refractivity contribution < 1.29 is 14.4 Å². The van der Waals surface area contributed by atoms with Gasteiger partial charge in [-0.25, -0.2) is 0 Å². The molecule has 6 nitrogen and oxygen atoms in total. The normalized spacial score (nSPS) is 15.9. The molecule has 1 aliphatic rings. The number of piperidine rings is 1. The fraction of sp³-hybridized carbons (Fsp3) is 0.526. The maximum atomic E-state index is 12.5. The second kappa shape index (κ2) is 10.3. The van der Waals surface area contributed by atoms with Crippen molar-refractivity contribution in [3.8, 4) is 0 Å². The van der Waals surface area contributed by atoms with E-state index in [1.807, 2.05) is 44.2 Å². The van der Waals surface area contributed by atoms with Gasteiger partial charge in [-0.15, -0.1) is 12.4 Å². The molecule has 0 aromatic heterocycles. The maximum absolute atomic E-state index is 12.5. The minimum absolute atomic E-state index is 0. The summed E-state index contributed by atoms with van der Waals surface area (Å²) in [5, 5.41) is 2.60. The Morgan fingerprint density at radius 3 is 2.27 bits per heavy atom. The van der Waals surface area contributed by atoms with Crippen molar-refractivity contribution in [2.75, 3.05) is 19.6 Å². The summed E-state index contributed by atoms with van der Waals surface area (Å²) in [4.78, 5) is 38.2. The molecular weight excluding hydrogens is 354 g/mol. The standard InChI is InChI=1S/C19H27N3O3.ClH/c1-13(2)17(20)19(25)21-12-16(23)22-10-8-15(9-11-22)18(24)14-6-4-3-5-7-14;/h3-7,13,15,17H,8-12,20H2,1-2H3,(H,21,25);1H/t17-;/m0./s1. The Kier molecular flexibility index (Phi) is 8.75. The molecule has 0 aliphatic carbocycles. The summed E-state index contributed by atoms with van der Waals surface area (Å²) < 4.78 is 0. The Labute approximate surface area is 160 Å². The van der Waals surface area contributed by atoms with E-state index in [1.165, 1.54) is 0 Å². The minimum Gasteiger partial charge on any atom is -0.346 e. The molecule has 144 valence electrons. The summed E-state index contributed by atoms with van der Waals surface area (Å²) in [7, 11) is 0. The number of nitrogens with one attached hydrogen (secondary N) is 1. The van der Waals surface area contributed by atoms with E-state index in [1.54, 1.807) is 4.90 Å². The average molecular weight is 382 g/mol. The van der Waals surface area contributed by atoms with E-state index in [0.717, 1.165) is 5.56 Å². The van der Waals surface area contributed by atoms with Crippen LogP contribution in [0.5, 0.6) is 0 Å². The van der Waals surface area contributed by atoms with Crippen molar-refractivity contribution in [3.05, 3.63) is 35.9 Å². The third-order valence-electron chi connectivity index (χ3n) is 4.71. The van der Waals surface area contributed by atoms with Gasteiger partial charge in [0.1, 0.15) is 0 Å². The van der Waals surface area contributed by atoms with E-state index < -0.39 is 6.04 Å². The highest BCUT2D eigenvalue weighted by atomic mass is 35.5. The highest BCUT2D eigenvalue weighted by molar-refractivity contribution is 5.98. The quantitative estimate of drug-likeness (QED) is 0.732. The van der Waals surface area contributed by atoms with Crippen LogP contribution in [0.25, 0.3) is 0 Å². The molecule has 0 bridgehead atoms. The van der Waals surface area contributed by atoms with Crippen LogP contribution in [0.2, 0.25) is 0 Å². The van der Waals surface area contributed by atoms with Crippen molar-refractivity contribution in [2.24, 2.45) is 17.6 Å². The van der Waals surface area contributed by atoms with Gasteiger partial charge in [-0.05, 0) is 18.8 Å². The topological polar surface area (TPSA) is 92.5 Å². The minimum atomic E-state index is -0.609. The molecule has 0 saturated carbocycles. The van der Waals surface area contributed by atoms with E-state index >= 15 is 0 Å². The van der Waals surface area contributed by atoms with Crippen LogP contribution in [0.4, 0.5) is 0 Å². The zero-order chi connectivity index (χ0) is 18.4. The van der Waals surface area contributed by atoms with Crippen molar-refractivity contribution in [1.82, 2.24) is 10.2 Å². The summed E-state index contributed by atoms with van der Waals surface area (Å²) in [5.74, 6) is -0.318. The van der Waals surface area contributed by atoms with Crippen LogP contribution < -0.4 is 11.1 Å². The summed E-state index contributed by atoms with van der Waals surface area (Å²) in [6.07, 6.45) is 1.30. The smallest absolute Gasteiger partial charge is 0.241 e. The number of Topliss-reactive ketones (excluding diaryl/α,β-unsaturated/α-hetero) is 1. The lowest BCUT2D eigenvalue weighted by Crippen LogP contribution is -2.49. The van der Waals surface area contributed by atoms with Gasteiger partial charge in [0, 0.05) is 24.6 Å². The van der Waals surface area contributed by atoms with Crippen LogP contribution in [0, 0.1) is 11.8 Å². The number of nitrogens with zero attached hydrogens (tertiary/aromatic N) is 1. The first-order valence-electron chi connectivity index (χ1n) is 8.80. The van der Waals surface area contributed by atoms with Crippen LogP contribution in [-0.4, -0.2) is 48.2 Å². The Hall–Kier alpha value is -1.92. The molecule has 1 saturated heterocycles. The number of rotatable bonds is 6. The average Bonchev–Trinajstić information content (AvgIpc) is 2.65. The van der Waals surface area contributed by atoms with Crippen molar-refractivity contribution in [1.29, 1.82) is 0 Å². The highest BCUT2D eigenvalue weighted by Crippen LogP contribution is 2.21. The molecule has 1 aliphatic heterocycles. The van der Waals surface area contributed by atoms with Gasteiger partial charge in [-0.1, -0.05) is 44.2 Å². The molecule has 26 heavy (non-hydrogen) atoms. The first-order chi connectivity index (χ1) is 11.9. The molecule has 1 atom stereocenters. The fourth-order valence-electron chi connectivity index (χ4n) is 2.92. The Morgan fingerprint density at radius 2 is 1.73 bits per heavy atom. The Morgan fingerprint density at radius 1 is 1.15 bits per heavy atom. The van der Waals surface area contributed by atoms with E-state index in [9.17, 15) is 14.4 Å². The second-order valence-electron chi connectivity index (χ2n) is 6.87. The lowest BCUT2D eigenvalue weighted by atomic mass is 9.89. The Bertz CT molecular complexity index is 614. The second-order valence-corrected chi connectivity index (χ2v) is 6.87. The molecule has 1 aromatic carbocycles. The van der Waals surface area contributed by atoms with Gasteiger partial charge in [-0.3, -0.25) is 14.4 Å². The van der Waals surface area contributed by atoms with Gasteiger partial charge < -0.3 is 16.0 Å². The third-order valence-corrected chi connectivity index (χ3v) is 4.71. The number of carbonyl (C=O) groups excluding carboxylic acids is 3. The first kappa shape index (κ1) is 22.1. The zero-order valence-electron chi connectivity index (χ0n) is 15.3. The number of halogens is 1. The number of carbonyl (C=O) groups is 3. The van der Waals surface area contributed by atoms with E-state index in [2.05, 4.69) is 5.32 Å². The number of benzene rings is 1. The molecule has 0 radical (unpaired) electrons. The number of ketones is 1. The summed E-state index contributed by atoms with van der Waals surface area (Å²) in [6, 6.07) is 8.65. The molecule has 1 heterocycles.